The van der Waals surface area contributed by atoms with Gasteiger partial charge in [0, 0.05) is 36.5 Å². The number of amides is 3. The second-order valence-corrected chi connectivity index (χ2v) is 12.9. The van der Waals surface area contributed by atoms with Crippen LogP contribution >= 0.6 is 11.6 Å². The van der Waals surface area contributed by atoms with Crippen LogP contribution in [-0.2, 0) is 32.6 Å². The standard InChI is InChI=1S/C30H32ClN3O5S/c1-30(2,3)32-28(36)25(19-21-11-5-4-6-12-21)33(20-22-13-7-9-15-24(22)31)27(35)17-18-34-29(37)23-14-8-10-16-26(23)40(34,38)39/h4-16,25H,17-20H2,1-3H3,(H,32,36)/t25-/m1/s1. The van der Waals surface area contributed by atoms with Crippen molar-refractivity contribution in [3.63, 3.8) is 0 Å². The first kappa shape index (κ1) is 29.3. The molecule has 1 N–H and O–H groups in total. The van der Waals surface area contributed by atoms with E-state index in [0.29, 0.717) is 10.6 Å². The fourth-order valence-electron chi connectivity index (χ4n) is 4.61. The van der Waals surface area contributed by atoms with Crippen molar-refractivity contribution >= 4 is 39.3 Å². The number of benzene rings is 3. The predicted molar refractivity (Wildman–Crippen MR) is 153 cm³/mol. The fraction of sp³-hybridized carbons (Fsp3) is 0.300. The van der Waals surface area contributed by atoms with Crippen LogP contribution in [0.15, 0.2) is 83.8 Å². The van der Waals surface area contributed by atoms with Crippen LogP contribution < -0.4 is 5.32 Å². The van der Waals surface area contributed by atoms with Gasteiger partial charge in [0.2, 0.25) is 11.8 Å². The average Bonchev–Trinajstić information content (AvgIpc) is 3.10. The van der Waals surface area contributed by atoms with Crippen LogP contribution in [0.2, 0.25) is 5.02 Å². The van der Waals surface area contributed by atoms with E-state index >= 15 is 0 Å². The molecule has 1 aliphatic heterocycles. The molecule has 0 aromatic heterocycles. The first-order valence-electron chi connectivity index (χ1n) is 12.9. The summed E-state index contributed by atoms with van der Waals surface area (Å²) >= 11 is 6.44. The summed E-state index contributed by atoms with van der Waals surface area (Å²) in [6, 6.07) is 21.4. The lowest BCUT2D eigenvalue weighted by atomic mass is 10.0. The van der Waals surface area contributed by atoms with Gasteiger partial charge in [-0.25, -0.2) is 12.7 Å². The molecule has 0 bridgehead atoms. The molecule has 0 radical (unpaired) electrons. The molecule has 0 fully saturated rings. The van der Waals surface area contributed by atoms with Gasteiger partial charge in [-0.1, -0.05) is 72.3 Å². The highest BCUT2D eigenvalue weighted by Crippen LogP contribution is 2.30. The Hall–Kier alpha value is -3.69. The van der Waals surface area contributed by atoms with E-state index in [4.69, 9.17) is 11.6 Å². The fourth-order valence-corrected chi connectivity index (χ4v) is 6.38. The molecule has 0 unspecified atom stereocenters. The minimum atomic E-state index is -4.08. The third-order valence-corrected chi connectivity index (χ3v) is 8.72. The molecule has 3 aromatic rings. The summed E-state index contributed by atoms with van der Waals surface area (Å²) in [7, 11) is -4.08. The molecule has 1 heterocycles. The van der Waals surface area contributed by atoms with Crippen LogP contribution in [0.4, 0.5) is 0 Å². The molecule has 0 spiro atoms. The van der Waals surface area contributed by atoms with Gasteiger partial charge in [0.15, 0.2) is 0 Å². The summed E-state index contributed by atoms with van der Waals surface area (Å²) in [5.74, 6) is -1.51. The molecule has 3 amide bonds. The third kappa shape index (κ3) is 6.54. The first-order chi connectivity index (χ1) is 18.9. The number of sulfonamides is 1. The highest BCUT2D eigenvalue weighted by atomic mass is 35.5. The Balaban J connectivity index is 1.66. The topological polar surface area (TPSA) is 104 Å². The van der Waals surface area contributed by atoms with Crippen LogP contribution in [-0.4, -0.2) is 53.5 Å². The monoisotopic (exact) mass is 581 g/mol. The average molecular weight is 582 g/mol. The number of hydrogen-bond donors (Lipinski definition) is 1. The molecule has 1 atom stereocenters. The maximum Gasteiger partial charge on any atom is 0.269 e. The predicted octanol–water partition coefficient (Wildman–Crippen LogP) is 4.43. The molecule has 4 rings (SSSR count). The molecule has 0 saturated heterocycles. The molecule has 0 aliphatic carbocycles. The summed E-state index contributed by atoms with van der Waals surface area (Å²) in [4.78, 5) is 41.8. The van der Waals surface area contributed by atoms with Crippen molar-refractivity contribution in [1.82, 2.24) is 14.5 Å². The number of fused-ring (bicyclic) bond motifs is 1. The van der Waals surface area contributed by atoms with E-state index in [9.17, 15) is 22.8 Å². The second-order valence-electron chi connectivity index (χ2n) is 10.7. The maximum atomic E-state index is 13.9. The number of nitrogens with one attached hydrogen (secondary N) is 1. The molecule has 210 valence electrons. The minimum Gasteiger partial charge on any atom is -0.350 e. The van der Waals surface area contributed by atoms with E-state index in [0.717, 1.165) is 9.87 Å². The van der Waals surface area contributed by atoms with Crippen LogP contribution in [0.5, 0.6) is 0 Å². The lowest BCUT2D eigenvalue weighted by molar-refractivity contribution is -0.142. The Morgan fingerprint density at radius 3 is 2.23 bits per heavy atom. The van der Waals surface area contributed by atoms with Crippen molar-refractivity contribution in [2.24, 2.45) is 0 Å². The number of carbonyl (C=O) groups excluding carboxylic acids is 3. The van der Waals surface area contributed by atoms with Gasteiger partial charge < -0.3 is 10.2 Å². The van der Waals surface area contributed by atoms with Gasteiger partial charge in [0.05, 0.1) is 5.56 Å². The van der Waals surface area contributed by atoms with Crippen molar-refractivity contribution in [2.75, 3.05) is 6.54 Å². The van der Waals surface area contributed by atoms with Crippen LogP contribution in [0.25, 0.3) is 0 Å². The van der Waals surface area contributed by atoms with Gasteiger partial charge in [-0.3, -0.25) is 14.4 Å². The van der Waals surface area contributed by atoms with Gasteiger partial charge in [-0.15, -0.1) is 0 Å². The number of nitrogens with zero attached hydrogens (tertiary/aromatic N) is 2. The number of hydrogen-bond acceptors (Lipinski definition) is 5. The van der Waals surface area contributed by atoms with E-state index in [-0.39, 0.29) is 42.3 Å². The van der Waals surface area contributed by atoms with Gasteiger partial charge in [-0.05, 0) is 50.1 Å². The molecule has 40 heavy (non-hydrogen) atoms. The summed E-state index contributed by atoms with van der Waals surface area (Å²) in [5, 5.41) is 3.41. The molecule has 3 aromatic carbocycles. The SMILES string of the molecule is CC(C)(C)NC(=O)[C@@H](Cc1ccccc1)N(Cc1ccccc1Cl)C(=O)CCN1C(=O)c2ccccc2S1(=O)=O. The number of rotatable bonds is 9. The van der Waals surface area contributed by atoms with E-state index in [2.05, 4.69) is 5.32 Å². The van der Waals surface area contributed by atoms with Crippen molar-refractivity contribution in [3.8, 4) is 0 Å². The third-order valence-electron chi connectivity index (χ3n) is 6.51. The van der Waals surface area contributed by atoms with Crippen LogP contribution in [0, 0.1) is 0 Å². The summed E-state index contributed by atoms with van der Waals surface area (Å²) in [6.45, 7) is 5.23. The van der Waals surface area contributed by atoms with Crippen molar-refractivity contribution < 1.29 is 22.8 Å². The van der Waals surface area contributed by atoms with Crippen LogP contribution in [0.3, 0.4) is 0 Å². The first-order valence-corrected chi connectivity index (χ1v) is 14.8. The number of halogens is 1. The highest BCUT2D eigenvalue weighted by molar-refractivity contribution is 7.90. The molecule has 10 heteroatoms. The molecular weight excluding hydrogens is 550 g/mol. The van der Waals surface area contributed by atoms with E-state index in [1.54, 1.807) is 36.4 Å². The Morgan fingerprint density at radius 2 is 1.57 bits per heavy atom. The molecular formula is C30H32ClN3O5S. The molecule has 1 aliphatic rings. The molecule has 0 saturated carbocycles. The quantitative estimate of drug-likeness (QED) is 0.403. The van der Waals surface area contributed by atoms with Gasteiger partial charge in [0.25, 0.3) is 15.9 Å². The maximum absolute atomic E-state index is 13.9. The summed E-state index contributed by atoms with van der Waals surface area (Å²) in [5.41, 5.74) is 1.000. The Kier molecular flexibility index (Phi) is 8.65. The largest absolute Gasteiger partial charge is 0.350 e. The Labute approximate surface area is 240 Å². The second kappa shape index (κ2) is 11.8. The van der Waals surface area contributed by atoms with Crippen molar-refractivity contribution in [2.45, 2.75) is 56.6 Å². The minimum absolute atomic E-state index is 0.0223. The van der Waals surface area contributed by atoms with E-state index in [1.807, 2.05) is 51.1 Å². The van der Waals surface area contributed by atoms with Gasteiger partial charge in [-0.2, -0.15) is 0 Å². The summed E-state index contributed by atoms with van der Waals surface area (Å²) < 4.78 is 26.8. The number of carbonyl (C=O) groups is 3. The Morgan fingerprint density at radius 1 is 0.950 bits per heavy atom. The van der Waals surface area contributed by atoms with Crippen molar-refractivity contribution in [1.29, 1.82) is 0 Å². The van der Waals surface area contributed by atoms with E-state index < -0.39 is 33.4 Å². The van der Waals surface area contributed by atoms with Gasteiger partial charge >= 0.3 is 0 Å². The lowest BCUT2D eigenvalue weighted by Gasteiger charge is -2.34. The zero-order chi connectivity index (χ0) is 29.1. The van der Waals surface area contributed by atoms with Gasteiger partial charge in [0.1, 0.15) is 10.9 Å². The van der Waals surface area contributed by atoms with Crippen LogP contribution in [0.1, 0.15) is 48.7 Å². The zero-order valence-electron chi connectivity index (χ0n) is 22.6. The van der Waals surface area contributed by atoms with Crippen molar-refractivity contribution in [3.05, 3.63) is 101 Å². The Bertz CT molecular complexity index is 1520. The zero-order valence-corrected chi connectivity index (χ0v) is 24.2. The van der Waals surface area contributed by atoms with E-state index in [1.165, 1.54) is 17.0 Å². The highest BCUT2D eigenvalue weighted by Gasteiger charge is 2.41. The smallest absolute Gasteiger partial charge is 0.269 e. The lowest BCUT2D eigenvalue weighted by Crippen LogP contribution is -2.54. The molecule has 8 nitrogen and oxygen atoms in total. The normalized spacial score (nSPS) is 14.9. The summed E-state index contributed by atoms with van der Waals surface area (Å²) in [6.07, 6.45) is -0.0805.